The maximum Gasteiger partial charge on any atom is 0.229 e. The minimum absolute atomic E-state index is 0.0149. The van der Waals surface area contributed by atoms with E-state index in [1.165, 1.54) is 25.1 Å². The highest BCUT2D eigenvalue weighted by atomic mass is 16.8. The van der Waals surface area contributed by atoms with Gasteiger partial charge in [-0.1, -0.05) is 12.1 Å². The molecule has 0 spiro atoms. The predicted octanol–water partition coefficient (Wildman–Crippen LogP) is -1.17. The number of hydrogen-bond acceptors (Lipinski definition) is 14. The molecule has 0 aliphatic carbocycles. The van der Waals surface area contributed by atoms with Crippen LogP contribution < -0.4 is 9.47 Å². The van der Waals surface area contributed by atoms with Crippen LogP contribution in [0.4, 0.5) is 0 Å². The highest BCUT2D eigenvalue weighted by Gasteiger charge is 2.51. The van der Waals surface area contributed by atoms with Crippen LogP contribution in [0.5, 0.6) is 23.0 Å². The van der Waals surface area contributed by atoms with Gasteiger partial charge in [-0.05, 0) is 24.6 Å². The Balaban J connectivity index is 1.44. The second kappa shape index (κ2) is 11.7. The first kappa shape index (κ1) is 29.4. The van der Waals surface area contributed by atoms with Crippen LogP contribution >= 0.6 is 0 Å². The minimum Gasteiger partial charge on any atom is -0.508 e. The summed E-state index contributed by atoms with van der Waals surface area (Å²) in [4.78, 5) is 13.3. The molecular formula is C27H32O14. The van der Waals surface area contributed by atoms with Gasteiger partial charge in [-0.3, -0.25) is 4.79 Å². The summed E-state index contributed by atoms with van der Waals surface area (Å²) in [6.45, 7) is 0.689. The average molecular weight is 581 g/mol. The van der Waals surface area contributed by atoms with Crippen molar-refractivity contribution in [3.63, 3.8) is 0 Å². The number of aromatic hydroxyl groups is 2. The van der Waals surface area contributed by atoms with Gasteiger partial charge in [-0.2, -0.15) is 0 Å². The molecule has 0 bridgehead atoms. The molecule has 0 radical (unpaired) electrons. The molecule has 14 nitrogen and oxygen atoms in total. The van der Waals surface area contributed by atoms with Crippen molar-refractivity contribution in [2.24, 2.45) is 0 Å². The summed E-state index contributed by atoms with van der Waals surface area (Å²) >= 11 is 0. The van der Waals surface area contributed by atoms with Crippen molar-refractivity contribution in [2.75, 3.05) is 6.61 Å². The molecule has 3 aliphatic heterocycles. The van der Waals surface area contributed by atoms with Crippen LogP contribution in [0, 0.1) is 0 Å². The van der Waals surface area contributed by atoms with Crippen LogP contribution in [0.3, 0.4) is 0 Å². The normalized spacial score (nSPS) is 37.2. The van der Waals surface area contributed by atoms with Gasteiger partial charge in [0.2, 0.25) is 6.29 Å². The van der Waals surface area contributed by atoms with E-state index in [0.717, 1.165) is 6.07 Å². The van der Waals surface area contributed by atoms with E-state index in [1.807, 2.05) is 0 Å². The van der Waals surface area contributed by atoms with Crippen molar-refractivity contribution in [3.05, 3.63) is 47.5 Å². The van der Waals surface area contributed by atoms with E-state index in [-0.39, 0.29) is 35.0 Å². The van der Waals surface area contributed by atoms with E-state index in [1.54, 1.807) is 12.1 Å². The van der Waals surface area contributed by atoms with Crippen molar-refractivity contribution in [1.82, 2.24) is 0 Å². The van der Waals surface area contributed by atoms with E-state index in [0.29, 0.717) is 5.56 Å². The third-order valence-corrected chi connectivity index (χ3v) is 7.40. The third-order valence-electron chi connectivity index (χ3n) is 7.40. The largest absolute Gasteiger partial charge is 0.508 e. The lowest BCUT2D eigenvalue weighted by Gasteiger charge is -2.45. The standard InChI is InChI=1S/C27H32O14/c1-10-20(32)22(34)24(36)26(37-10)41-25-23(35)21(33)18(9-28)40-27(25)39-17-7-13(30)6-16-19(17)14(31)8-15(38-16)11-2-4-12(29)5-3-11/h2-7,10,15,18,20-30,32-36H,8-9H2,1H3. The highest BCUT2D eigenvalue weighted by Crippen LogP contribution is 2.43. The van der Waals surface area contributed by atoms with Gasteiger partial charge in [-0.25, -0.2) is 0 Å². The van der Waals surface area contributed by atoms with Crippen molar-refractivity contribution in [1.29, 1.82) is 0 Å². The summed E-state index contributed by atoms with van der Waals surface area (Å²) in [7, 11) is 0. The number of benzene rings is 2. The molecule has 2 aromatic rings. The molecule has 3 heterocycles. The number of hydrogen-bond donors (Lipinski definition) is 8. The Morgan fingerprint density at radius 1 is 0.854 bits per heavy atom. The molecule has 0 saturated carbocycles. The Morgan fingerprint density at radius 3 is 2.24 bits per heavy atom. The molecule has 224 valence electrons. The first-order valence-electron chi connectivity index (χ1n) is 13.0. The third kappa shape index (κ3) is 5.70. The number of Topliss-reactive ketones (excluding diaryl/α,β-unsaturated/α-hetero) is 1. The fraction of sp³-hybridized carbons (Fsp3) is 0.519. The smallest absolute Gasteiger partial charge is 0.229 e. The summed E-state index contributed by atoms with van der Waals surface area (Å²) in [6.07, 6.45) is -16.3. The Morgan fingerprint density at radius 2 is 1.56 bits per heavy atom. The van der Waals surface area contributed by atoms with Crippen LogP contribution in [0.15, 0.2) is 36.4 Å². The maximum atomic E-state index is 13.3. The molecule has 41 heavy (non-hydrogen) atoms. The van der Waals surface area contributed by atoms with Gasteiger partial charge in [0, 0.05) is 12.1 Å². The molecule has 0 aromatic heterocycles. The predicted molar refractivity (Wildman–Crippen MR) is 134 cm³/mol. The van der Waals surface area contributed by atoms with Gasteiger partial charge in [0.15, 0.2) is 18.2 Å². The lowest BCUT2D eigenvalue weighted by atomic mass is 9.95. The number of ketones is 1. The van der Waals surface area contributed by atoms with E-state index < -0.39 is 79.9 Å². The number of rotatable bonds is 6. The fourth-order valence-corrected chi connectivity index (χ4v) is 5.08. The van der Waals surface area contributed by atoms with Crippen LogP contribution in [-0.4, -0.2) is 115 Å². The lowest BCUT2D eigenvalue weighted by Crippen LogP contribution is -2.64. The zero-order valence-electron chi connectivity index (χ0n) is 21.8. The molecule has 2 saturated heterocycles. The van der Waals surface area contributed by atoms with Crippen LogP contribution in [-0.2, 0) is 14.2 Å². The minimum atomic E-state index is -1.78. The van der Waals surface area contributed by atoms with Gasteiger partial charge < -0.3 is 64.5 Å². The van der Waals surface area contributed by atoms with Crippen LogP contribution in [0.1, 0.15) is 35.4 Å². The van der Waals surface area contributed by atoms with Gasteiger partial charge in [0.25, 0.3) is 0 Å². The van der Waals surface area contributed by atoms with Gasteiger partial charge in [-0.15, -0.1) is 0 Å². The second-order valence-corrected chi connectivity index (χ2v) is 10.2. The molecule has 2 aromatic carbocycles. The lowest BCUT2D eigenvalue weighted by molar-refractivity contribution is -0.354. The molecule has 0 amide bonds. The SMILES string of the molecule is CC1OC(OC2C(Oc3cc(O)cc4c3C(=O)CC(c3ccc(O)cc3)O4)OC(CO)C(O)C2O)C(O)C(O)C1O. The number of aliphatic hydroxyl groups is 6. The van der Waals surface area contributed by atoms with E-state index in [9.17, 15) is 45.6 Å². The molecule has 8 N–H and O–H groups in total. The number of phenols is 2. The maximum absolute atomic E-state index is 13.3. The number of fused-ring (bicyclic) bond motifs is 1. The zero-order valence-corrected chi connectivity index (χ0v) is 21.8. The number of carbonyl (C=O) groups is 1. The molecular weight excluding hydrogens is 548 g/mol. The van der Waals surface area contributed by atoms with E-state index >= 15 is 0 Å². The van der Waals surface area contributed by atoms with E-state index in [4.69, 9.17) is 23.7 Å². The monoisotopic (exact) mass is 580 g/mol. The molecule has 3 aliphatic rings. The summed E-state index contributed by atoms with van der Waals surface area (Å²) in [5.74, 6) is -0.971. The number of ether oxygens (including phenoxy) is 5. The Labute approximate surface area is 233 Å². The first-order chi connectivity index (χ1) is 19.5. The van der Waals surface area contributed by atoms with Crippen molar-refractivity contribution in [2.45, 2.75) is 80.9 Å². The molecule has 11 atom stereocenters. The molecule has 5 rings (SSSR count). The van der Waals surface area contributed by atoms with Gasteiger partial charge in [0.05, 0.1) is 19.1 Å². The summed E-state index contributed by atoms with van der Waals surface area (Å²) in [6, 6.07) is 8.41. The Bertz CT molecular complexity index is 1240. The Kier molecular flexibility index (Phi) is 8.39. The van der Waals surface area contributed by atoms with Crippen molar-refractivity contribution in [3.8, 4) is 23.0 Å². The fourth-order valence-electron chi connectivity index (χ4n) is 5.08. The quantitative estimate of drug-likeness (QED) is 0.202. The number of carbonyl (C=O) groups excluding carboxylic acids is 1. The van der Waals surface area contributed by atoms with Crippen LogP contribution in [0.25, 0.3) is 0 Å². The number of aliphatic hydroxyl groups excluding tert-OH is 6. The molecule has 11 unspecified atom stereocenters. The second-order valence-electron chi connectivity index (χ2n) is 10.2. The summed E-state index contributed by atoms with van der Waals surface area (Å²) < 4.78 is 28.6. The van der Waals surface area contributed by atoms with Crippen LogP contribution in [0.2, 0.25) is 0 Å². The van der Waals surface area contributed by atoms with E-state index in [2.05, 4.69) is 0 Å². The molecule has 2 fully saturated rings. The Hall–Kier alpha value is -3.05. The first-order valence-corrected chi connectivity index (χ1v) is 13.0. The van der Waals surface area contributed by atoms with Gasteiger partial charge >= 0.3 is 0 Å². The van der Waals surface area contributed by atoms with Crippen molar-refractivity contribution < 1.29 is 69.3 Å². The summed E-state index contributed by atoms with van der Waals surface area (Å²) in [5.41, 5.74) is 0.551. The zero-order chi connectivity index (χ0) is 29.6. The topological polar surface area (TPSA) is 225 Å². The molecule has 14 heteroatoms. The summed E-state index contributed by atoms with van der Waals surface area (Å²) in [5, 5.41) is 81.6. The number of phenolic OH excluding ortho intramolecular Hbond substituents is 2. The highest BCUT2D eigenvalue weighted by molar-refractivity contribution is 6.02. The van der Waals surface area contributed by atoms with Crippen molar-refractivity contribution >= 4 is 5.78 Å². The van der Waals surface area contributed by atoms with Gasteiger partial charge in [0.1, 0.15) is 71.3 Å². The average Bonchev–Trinajstić information content (AvgIpc) is 2.94.